The minimum Gasteiger partial charge on any atom is -0.381 e. The number of nitrogens with two attached hydrogens (primary N) is 1. The summed E-state index contributed by atoms with van der Waals surface area (Å²) in [5.41, 5.74) is 5.66. The number of aromatic nitrogens is 4. The molecule has 0 aliphatic heterocycles. The number of hydrogen-bond acceptors (Lipinski definition) is 6. The van der Waals surface area contributed by atoms with E-state index in [2.05, 4.69) is 19.9 Å². The van der Waals surface area contributed by atoms with Crippen molar-refractivity contribution in [3.63, 3.8) is 0 Å². The highest BCUT2D eigenvalue weighted by Gasteiger charge is 2.24. The lowest BCUT2D eigenvalue weighted by molar-refractivity contribution is 0.596. The van der Waals surface area contributed by atoms with Gasteiger partial charge in [0.25, 0.3) is 15.6 Å². The number of fused-ring (bicyclic) bond motifs is 1. The van der Waals surface area contributed by atoms with Crippen molar-refractivity contribution in [2.24, 2.45) is 0 Å². The molecular weight excluding hydrogens is 296 g/mol. The molecule has 9 nitrogen and oxygen atoms in total. The second-order valence-corrected chi connectivity index (χ2v) is 5.74. The smallest absolute Gasteiger partial charge is 0.282 e. The fourth-order valence-corrected chi connectivity index (χ4v) is 3.07. The summed E-state index contributed by atoms with van der Waals surface area (Å²) in [5.74, 6) is -0.155. The first-order valence-electron chi connectivity index (χ1n) is 5.78. The zero-order chi connectivity index (χ0) is 15.0. The summed E-state index contributed by atoms with van der Waals surface area (Å²) in [5, 5.41) is 5.53. The molecule has 10 heteroatoms. The fraction of sp³-hybridized carbons (Fsp3) is 0. The number of nitrogens with one attached hydrogen (secondary N) is 2. The number of imidazole rings is 1. The first kappa shape index (κ1) is 13.1. The number of H-pyrrole nitrogens is 1. The Hall–Kier alpha value is -2.88. The minimum absolute atomic E-state index is 0.0279. The molecule has 3 heterocycles. The van der Waals surface area contributed by atoms with Crippen LogP contribution in [0.5, 0.6) is 0 Å². The molecule has 0 atom stereocenters. The van der Waals surface area contributed by atoms with Gasteiger partial charge < -0.3 is 5.73 Å². The van der Waals surface area contributed by atoms with Crippen LogP contribution in [-0.2, 0) is 10.0 Å². The summed E-state index contributed by atoms with van der Waals surface area (Å²) in [7, 11) is -4.00. The normalized spacial score (nSPS) is 11.6. The van der Waals surface area contributed by atoms with Gasteiger partial charge in [0.05, 0.1) is 0 Å². The maximum Gasteiger partial charge on any atom is 0.282 e. The second-order valence-electron chi connectivity index (χ2n) is 4.14. The third-order valence-corrected chi connectivity index (χ3v) is 4.08. The number of anilines is 2. The Morgan fingerprint density at radius 1 is 1.24 bits per heavy atom. The van der Waals surface area contributed by atoms with Gasteiger partial charge in [0.15, 0.2) is 11.6 Å². The van der Waals surface area contributed by atoms with E-state index in [-0.39, 0.29) is 16.7 Å². The number of hydrogen-bond donors (Lipinski definition) is 3. The standard InChI is InChI=1S/C11H10N6O3S/c12-10-11(17-6-2-1-3-8(17)13-10)21(19,20)16-7-4-5-9(18)15-14-7/h1-6H,12H2,(H,14,16)(H,15,18). The number of aromatic amines is 1. The number of sulfonamides is 1. The molecule has 21 heavy (non-hydrogen) atoms. The number of pyridine rings is 1. The molecule has 108 valence electrons. The van der Waals surface area contributed by atoms with E-state index in [1.807, 2.05) is 0 Å². The van der Waals surface area contributed by atoms with Crippen LogP contribution in [0.3, 0.4) is 0 Å². The van der Waals surface area contributed by atoms with Crippen LogP contribution < -0.4 is 16.0 Å². The summed E-state index contributed by atoms with van der Waals surface area (Å²) in [6, 6.07) is 7.41. The summed E-state index contributed by atoms with van der Waals surface area (Å²) >= 11 is 0. The minimum atomic E-state index is -4.00. The fourth-order valence-electron chi connectivity index (χ4n) is 1.85. The molecule has 0 unspecified atom stereocenters. The van der Waals surface area contributed by atoms with Gasteiger partial charge in [0.2, 0.25) is 5.03 Å². The predicted molar refractivity (Wildman–Crippen MR) is 75.3 cm³/mol. The highest BCUT2D eigenvalue weighted by atomic mass is 32.2. The largest absolute Gasteiger partial charge is 0.381 e. The molecule has 0 aliphatic carbocycles. The van der Waals surface area contributed by atoms with E-state index >= 15 is 0 Å². The maximum absolute atomic E-state index is 12.4. The summed E-state index contributed by atoms with van der Waals surface area (Å²) in [4.78, 5) is 14.9. The van der Waals surface area contributed by atoms with Gasteiger partial charge in [-0.25, -0.2) is 10.1 Å². The van der Waals surface area contributed by atoms with Crippen molar-refractivity contribution >= 4 is 27.3 Å². The summed E-state index contributed by atoms with van der Waals surface area (Å²) in [6.07, 6.45) is 1.54. The number of rotatable bonds is 3. The SMILES string of the molecule is Nc1nc2ccccn2c1S(=O)(=O)Nc1ccc(=O)[nH]n1. The van der Waals surface area contributed by atoms with Crippen molar-refractivity contribution in [2.45, 2.75) is 5.03 Å². The Labute approximate surface area is 118 Å². The zero-order valence-electron chi connectivity index (χ0n) is 10.5. The lowest BCUT2D eigenvalue weighted by atomic mass is 10.5. The molecule has 0 saturated carbocycles. The van der Waals surface area contributed by atoms with Crippen LogP contribution in [0.4, 0.5) is 11.6 Å². The van der Waals surface area contributed by atoms with E-state index < -0.39 is 15.6 Å². The quantitative estimate of drug-likeness (QED) is 0.613. The molecule has 0 fully saturated rings. The van der Waals surface area contributed by atoms with Crippen molar-refractivity contribution in [3.05, 3.63) is 46.9 Å². The molecule has 3 aromatic rings. The molecule has 0 aliphatic rings. The first-order chi connectivity index (χ1) is 9.97. The molecule has 0 radical (unpaired) electrons. The van der Waals surface area contributed by atoms with Crippen molar-refractivity contribution < 1.29 is 8.42 Å². The Morgan fingerprint density at radius 2 is 2.05 bits per heavy atom. The van der Waals surface area contributed by atoms with Gasteiger partial charge in [0, 0.05) is 12.3 Å². The topological polar surface area (TPSA) is 135 Å². The second kappa shape index (κ2) is 4.59. The first-order valence-corrected chi connectivity index (χ1v) is 7.27. The Balaban J connectivity index is 2.10. The third-order valence-electron chi connectivity index (χ3n) is 2.68. The lowest BCUT2D eigenvalue weighted by Crippen LogP contribution is -2.19. The van der Waals surface area contributed by atoms with E-state index in [9.17, 15) is 13.2 Å². The van der Waals surface area contributed by atoms with Crippen LogP contribution in [0.2, 0.25) is 0 Å². The van der Waals surface area contributed by atoms with E-state index in [0.717, 1.165) is 6.07 Å². The molecule has 4 N–H and O–H groups in total. The average molecular weight is 306 g/mol. The number of nitrogens with zero attached hydrogens (tertiary/aromatic N) is 3. The highest BCUT2D eigenvalue weighted by Crippen LogP contribution is 2.21. The van der Waals surface area contributed by atoms with Crippen LogP contribution in [0.25, 0.3) is 5.65 Å². The van der Waals surface area contributed by atoms with Gasteiger partial charge in [0.1, 0.15) is 5.65 Å². The van der Waals surface area contributed by atoms with Crippen LogP contribution >= 0.6 is 0 Å². The predicted octanol–water partition coefficient (Wildman–Crippen LogP) is -0.199. The van der Waals surface area contributed by atoms with Gasteiger partial charge in [-0.05, 0) is 18.2 Å². The lowest BCUT2D eigenvalue weighted by Gasteiger charge is -2.06. The third kappa shape index (κ3) is 2.31. The molecule has 0 saturated heterocycles. The van der Waals surface area contributed by atoms with Gasteiger partial charge in [-0.1, -0.05) is 6.07 Å². The van der Waals surface area contributed by atoms with E-state index in [4.69, 9.17) is 5.73 Å². The molecule has 3 rings (SSSR count). The monoisotopic (exact) mass is 306 g/mol. The summed E-state index contributed by atoms with van der Waals surface area (Å²) < 4.78 is 28.4. The number of nitrogen functional groups attached to an aromatic ring is 1. The van der Waals surface area contributed by atoms with Crippen molar-refractivity contribution in [2.75, 3.05) is 10.5 Å². The van der Waals surface area contributed by atoms with E-state index in [1.165, 1.54) is 16.7 Å². The molecule has 0 aromatic carbocycles. The van der Waals surface area contributed by atoms with Crippen LogP contribution in [0, 0.1) is 0 Å². The molecule has 0 spiro atoms. The van der Waals surface area contributed by atoms with Crippen LogP contribution in [0.1, 0.15) is 0 Å². The Kier molecular flexibility index (Phi) is 2.87. The van der Waals surface area contributed by atoms with E-state index in [0.29, 0.717) is 5.65 Å². The molecule has 0 amide bonds. The van der Waals surface area contributed by atoms with Crippen molar-refractivity contribution in [1.82, 2.24) is 19.6 Å². The van der Waals surface area contributed by atoms with Crippen molar-refractivity contribution in [1.29, 1.82) is 0 Å². The van der Waals surface area contributed by atoms with E-state index in [1.54, 1.807) is 18.2 Å². The zero-order valence-corrected chi connectivity index (χ0v) is 11.3. The maximum atomic E-state index is 12.4. The Morgan fingerprint density at radius 3 is 2.76 bits per heavy atom. The molecule has 3 aromatic heterocycles. The molecular formula is C11H10N6O3S. The van der Waals surface area contributed by atoms with Crippen molar-refractivity contribution in [3.8, 4) is 0 Å². The van der Waals surface area contributed by atoms with Crippen LogP contribution in [0.15, 0.2) is 46.3 Å². The Bertz CT molecular complexity index is 955. The van der Waals surface area contributed by atoms with Crippen LogP contribution in [-0.4, -0.2) is 28.0 Å². The average Bonchev–Trinajstić information content (AvgIpc) is 2.77. The van der Waals surface area contributed by atoms with Gasteiger partial charge in [-0.2, -0.15) is 13.5 Å². The summed E-state index contributed by atoms with van der Waals surface area (Å²) in [6.45, 7) is 0. The highest BCUT2D eigenvalue weighted by molar-refractivity contribution is 7.92. The molecule has 0 bridgehead atoms. The van der Waals surface area contributed by atoms with Gasteiger partial charge >= 0.3 is 0 Å². The van der Waals surface area contributed by atoms with Gasteiger partial charge in [-0.3, -0.25) is 13.9 Å². The van der Waals surface area contributed by atoms with Gasteiger partial charge in [-0.15, -0.1) is 0 Å².